The Morgan fingerprint density at radius 1 is 1.21 bits per heavy atom. The Morgan fingerprint density at radius 2 is 2.00 bits per heavy atom. The Hall–Kier alpha value is -2.20. The van der Waals surface area contributed by atoms with E-state index < -0.39 is 0 Å². The highest BCUT2D eigenvalue weighted by molar-refractivity contribution is 6.32. The summed E-state index contributed by atoms with van der Waals surface area (Å²) in [4.78, 5) is 12.3. The van der Waals surface area contributed by atoms with Crippen LogP contribution >= 0.6 is 11.6 Å². The zero-order chi connectivity index (χ0) is 17.5. The maximum atomic E-state index is 12.3. The molecule has 5 heteroatoms. The molecular weight excluding hydrogens is 326 g/mol. The highest BCUT2D eigenvalue weighted by Gasteiger charge is 2.09. The Balaban J connectivity index is 1.99. The summed E-state index contributed by atoms with van der Waals surface area (Å²) in [5.41, 5.74) is 1.47. The first-order valence-corrected chi connectivity index (χ1v) is 8.33. The molecule has 2 aromatic carbocycles. The van der Waals surface area contributed by atoms with Crippen LogP contribution in [0.15, 0.2) is 42.5 Å². The summed E-state index contributed by atoms with van der Waals surface area (Å²) in [7, 11) is 0. The van der Waals surface area contributed by atoms with E-state index in [4.69, 9.17) is 21.1 Å². The van der Waals surface area contributed by atoms with E-state index in [2.05, 4.69) is 5.32 Å². The second-order valence-corrected chi connectivity index (χ2v) is 5.98. The predicted molar refractivity (Wildman–Crippen MR) is 96.0 cm³/mol. The summed E-state index contributed by atoms with van der Waals surface area (Å²) >= 11 is 6.12. The van der Waals surface area contributed by atoms with Crippen molar-refractivity contribution in [3.05, 3.63) is 58.6 Å². The Morgan fingerprint density at radius 3 is 2.67 bits per heavy atom. The summed E-state index contributed by atoms with van der Waals surface area (Å²) in [6.07, 6.45) is 0.112. The van der Waals surface area contributed by atoms with Gasteiger partial charge in [0.05, 0.1) is 17.7 Å². The fourth-order valence-corrected chi connectivity index (χ4v) is 2.44. The third-order valence-corrected chi connectivity index (χ3v) is 3.51. The lowest BCUT2D eigenvalue weighted by molar-refractivity contribution is 0.0950. The van der Waals surface area contributed by atoms with E-state index in [1.54, 1.807) is 18.2 Å². The quantitative estimate of drug-likeness (QED) is 0.804. The molecule has 0 atom stereocenters. The van der Waals surface area contributed by atoms with Crippen molar-refractivity contribution in [2.45, 2.75) is 33.4 Å². The van der Waals surface area contributed by atoms with Crippen molar-refractivity contribution in [1.82, 2.24) is 5.32 Å². The van der Waals surface area contributed by atoms with Gasteiger partial charge in [0.15, 0.2) is 0 Å². The first-order valence-electron chi connectivity index (χ1n) is 7.95. The molecule has 2 rings (SSSR count). The number of benzene rings is 2. The van der Waals surface area contributed by atoms with Crippen LogP contribution in [-0.4, -0.2) is 18.6 Å². The zero-order valence-corrected chi connectivity index (χ0v) is 14.9. The molecule has 0 aromatic heterocycles. The number of carbonyl (C=O) groups is 1. The van der Waals surface area contributed by atoms with Crippen LogP contribution in [0.4, 0.5) is 0 Å². The molecule has 1 amide bonds. The molecule has 0 aliphatic carbocycles. The average Bonchev–Trinajstić information content (AvgIpc) is 2.54. The lowest BCUT2D eigenvalue weighted by atomic mass is 10.1. The van der Waals surface area contributed by atoms with Crippen molar-refractivity contribution < 1.29 is 14.3 Å². The lowest BCUT2D eigenvalue weighted by Crippen LogP contribution is -2.22. The summed E-state index contributed by atoms with van der Waals surface area (Å²) in [6.45, 7) is 6.78. The molecule has 0 saturated carbocycles. The van der Waals surface area contributed by atoms with E-state index in [1.165, 1.54) is 0 Å². The molecule has 0 fully saturated rings. The number of nitrogens with one attached hydrogen (secondary N) is 1. The molecule has 0 aliphatic rings. The molecule has 0 radical (unpaired) electrons. The second-order valence-electron chi connectivity index (χ2n) is 5.57. The van der Waals surface area contributed by atoms with Gasteiger partial charge in [-0.1, -0.05) is 23.7 Å². The predicted octanol–water partition coefficient (Wildman–Crippen LogP) is 4.46. The van der Waals surface area contributed by atoms with Gasteiger partial charge in [0.1, 0.15) is 11.5 Å². The minimum atomic E-state index is -0.185. The minimum Gasteiger partial charge on any atom is -0.492 e. The summed E-state index contributed by atoms with van der Waals surface area (Å²) in [5.74, 6) is 1.19. The van der Waals surface area contributed by atoms with E-state index >= 15 is 0 Å². The van der Waals surface area contributed by atoms with Gasteiger partial charge in [0.2, 0.25) is 0 Å². The fourth-order valence-electron chi connectivity index (χ4n) is 2.20. The summed E-state index contributed by atoms with van der Waals surface area (Å²) < 4.78 is 11.0. The maximum Gasteiger partial charge on any atom is 0.251 e. The Bertz CT molecular complexity index is 701. The van der Waals surface area contributed by atoms with Crippen LogP contribution in [0.2, 0.25) is 5.02 Å². The summed E-state index contributed by atoms with van der Waals surface area (Å²) in [5, 5.41) is 3.31. The van der Waals surface area contributed by atoms with Gasteiger partial charge in [-0.25, -0.2) is 0 Å². The largest absolute Gasteiger partial charge is 0.492 e. The van der Waals surface area contributed by atoms with E-state index in [0.29, 0.717) is 29.5 Å². The van der Waals surface area contributed by atoms with Crippen LogP contribution in [-0.2, 0) is 6.54 Å². The van der Waals surface area contributed by atoms with E-state index in [1.807, 2.05) is 45.0 Å². The zero-order valence-electron chi connectivity index (χ0n) is 14.1. The van der Waals surface area contributed by atoms with E-state index in [-0.39, 0.29) is 12.0 Å². The smallest absolute Gasteiger partial charge is 0.251 e. The number of hydrogen-bond donors (Lipinski definition) is 1. The molecule has 2 aromatic rings. The van der Waals surface area contributed by atoms with E-state index in [0.717, 1.165) is 11.3 Å². The molecule has 0 saturated heterocycles. The number of rotatable bonds is 7. The first kappa shape index (κ1) is 18.1. The average molecular weight is 348 g/mol. The molecule has 1 N–H and O–H groups in total. The van der Waals surface area contributed by atoms with Crippen molar-refractivity contribution in [2.75, 3.05) is 6.61 Å². The molecular formula is C19H22ClNO3. The van der Waals surface area contributed by atoms with Crippen molar-refractivity contribution in [2.24, 2.45) is 0 Å². The Labute approximate surface area is 147 Å². The molecule has 0 aliphatic heterocycles. The fraction of sp³-hybridized carbons (Fsp3) is 0.316. The first-order chi connectivity index (χ1) is 11.5. The van der Waals surface area contributed by atoms with Gasteiger partial charge in [0, 0.05) is 12.1 Å². The van der Waals surface area contributed by atoms with Gasteiger partial charge in [-0.15, -0.1) is 0 Å². The molecule has 128 valence electrons. The van der Waals surface area contributed by atoms with Crippen molar-refractivity contribution in [3.8, 4) is 11.5 Å². The van der Waals surface area contributed by atoms with Crippen molar-refractivity contribution >= 4 is 17.5 Å². The minimum absolute atomic E-state index is 0.112. The number of ether oxygens (including phenoxy) is 2. The molecule has 24 heavy (non-hydrogen) atoms. The van der Waals surface area contributed by atoms with Crippen LogP contribution in [0, 0.1) is 0 Å². The number of hydrogen-bond acceptors (Lipinski definition) is 3. The molecule has 0 unspecified atom stereocenters. The standard InChI is InChI=1S/C19H22ClNO3/c1-4-23-18-9-8-15(11-17(18)20)19(22)21-12-14-6-5-7-16(10-14)24-13(2)3/h5-11,13H,4,12H2,1-3H3,(H,21,22). The monoisotopic (exact) mass is 347 g/mol. The Kier molecular flexibility index (Phi) is 6.50. The van der Waals surface area contributed by atoms with Gasteiger partial charge in [-0.2, -0.15) is 0 Å². The van der Waals surface area contributed by atoms with Gasteiger partial charge >= 0.3 is 0 Å². The number of carbonyl (C=O) groups excluding carboxylic acids is 1. The molecule has 0 bridgehead atoms. The summed E-state index contributed by atoms with van der Waals surface area (Å²) in [6, 6.07) is 12.7. The van der Waals surface area contributed by atoms with E-state index in [9.17, 15) is 4.79 Å². The van der Waals surface area contributed by atoms with Crippen molar-refractivity contribution in [3.63, 3.8) is 0 Å². The lowest BCUT2D eigenvalue weighted by Gasteiger charge is -2.12. The third kappa shape index (κ3) is 5.17. The van der Waals surface area contributed by atoms with Crippen LogP contribution in [0.5, 0.6) is 11.5 Å². The van der Waals surface area contributed by atoms with Gasteiger partial charge in [0.25, 0.3) is 5.91 Å². The highest BCUT2D eigenvalue weighted by atomic mass is 35.5. The second kappa shape index (κ2) is 8.60. The highest BCUT2D eigenvalue weighted by Crippen LogP contribution is 2.25. The van der Waals surface area contributed by atoms with Crippen LogP contribution < -0.4 is 14.8 Å². The third-order valence-electron chi connectivity index (χ3n) is 3.22. The molecule has 0 heterocycles. The van der Waals surface area contributed by atoms with Crippen LogP contribution in [0.3, 0.4) is 0 Å². The number of halogens is 1. The van der Waals surface area contributed by atoms with Gasteiger partial charge < -0.3 is 14.8 Å². The topological polar surface area (TPSA) is 47.6 Å². The van der Waals surface area contributed by atoms with Gasteiger partial charge in [-0.05, 0) is 56.7 Å². The normalized spacial score (nSPS) is 10.5. The molecule has 0 spiro atoms. The van der Waals surface area contributed by atoms with Gasteiger partial charge in [-0.3, -0.25) is 4.79 Å². The SMILES string of the molecule is CCOc1ccc(C(=O)NCc2cccc(OC(C)C)c2)cc1Cl. The molecule has 4 nitrogen and oxygen atoms in total. The van der Waals surface area contributed by atoms with Crippen LogP contribution in [0.25, 0.3) is 0 Å². The van der Waals surface area contributed by atoms with Crippen LogP contribution in [0.1, 0.15) is 36.7 Å². The maximum absolute atomic E-state index is 12.3. The van der Waals surface area contributed by atoms with Crippen molar-refractivity contribution in [1.29, 1.82) is 0 Å². The number of amides is 1.